The zero-order chi connectivity index (χ0) is 56.9. The van der Waals surface area contributed by atoms with Gasteiger partial charge in [0.25, 0.3) is 0 Å². The van der Waals surface area contributed by atoms with E-state index in [9.17, 15) is 19.2 Å². The van der Waals surface area contributed by atoms with Gasteiger partial charge in [-0.3, -0.25) is 0 Å². The van der Waals surface area contributed by atoms with Gasteiger partial charge < -0.3 is 37.9 Å². The molecule has 4 aromatic carbocycles. The summed E-state index contributed by atoms with van der Waals surface area (Å²) in [6, 6.07) is 17.0. The summed E-state index contributed by atoms with van der Waals surface area (Å²) < 4.78 is 49.5. The summed E-state index contributed by atoms with van der Waals surface area (Å²) in [7, 11) is 0. The average molecular weight is 1050 g/mol. The number of benzene rings is 4. The molecule has 416 valence electrons. The van der Waals surface area contributed by atoms with Crippen molar-refractivity contribution in [1.29, 1.82) is 0 Å². The third-order valence-electron chi connectivity index (χ3n) is 12.7. The third kappa shape index (κ3) is 17.0. The van der Waals surface area contributed by atoms with E-state index < -0.39 is 35.1 Å². The van der Waals surface area contributed by atoms with E-state index in [1.807, 2.05) is 41.5 Å². The summed E-state index contributed by atoms with van der Waals surface area (Å²) in [5, 5.41) is 0. The zero-order valence-electron chi connectivity index (χ0n) is 49.6. The molecule has 12 nitrogen and oxygen atoms in total. The highest BCUT2D eigenvalue weighted by Crippen LogP contribution is 2.44. The first-order valence-electron chi connectivity index (χ1n) is 26.9. The van der Waals surface area contributed by atoms with Crippen LogP contribution in [0.15, 0.2) is 48.5 Å². The number of esters is 4. The Labute approximate surface area is 454 Å². The van der Waals surface area contributed by atoms with Crippen molar-refractivity contribution in [2.45, 2.75) is 197 Å². The first kappa shape index (κ1) is 60.8. The number of carbonyl (C=O) groups is 4. The fourth-order valence-corrected chi connectivity index (χ4v) is 9.03. The SMILES string of the molecule is CCOC(=O)COc1c2cc(C(C)(C)C)cc1Cc1cc(C(C)(C)C)cc(c1OCC(=O)OC(C)(C)C)Cc1cc(C(C)(C)C)cc(c1OCC(=O)OCC)Cc1cc(C(C)(C)C)cc(c1OCC(=O)OC(C)(C)C)C2. The Morgan fingerprint density at radius 2 is 0.513 bits per heavy atom. The molecule has 0 amide bonds. The molecule has 1 aliphatic rings. The van der Waals surface area contributed by atoms with Gasteiger partial charge in [0.15, 0.2) is 26.4 Å². The van der Waals surface area contributed by atoms with Crippen molar-refractivity contribution in [1.82, 2.24) is 0 Å². The minimum atomic E-state index is -0.760. The second-order valence-corrected chi connectivity index (χ2v) is 26.1. The molecule has 4 aromatic rings. The molecule has 0 radical (unpaired) electrons. The van der Waals surface area contributed by atoms with Crippen LogP contribution in [0.3, 0.4) is 0 Å². The van der Waals surface area contributed by atoms with Crippen molar-refractivity contribution in [3.63, 3.8) is 0 Å². The van der Waals surface area contributed by atoms with Crippen molar-refractivity contribution < 1.29 is 57.1 Å². The van der Waals surface area contributed by atoms with Crippen molar-refractivity contribution in [3.05, 3.63) is 115 Å². The zero-order valence-corrected chi connectivity index (χ0v) is 49.6. The highest BCUT2D eigenvalue weighted by atomic mass is 16.6. The van der Waals surface area contributed by atoms with Gasteiger partial charge in [-0.15, -0.1) is 0 Å². The monoisotopic (exact) mass is 1050 g/mol. The van der Waals surface area contributed by atoms with Crippen LogP contribution in [-0.4, -0.2) is 74.7 Å². The molecule has 0 aromatic heterocycles. The molecule has 1 aliphatic carbocycles. The Hall–Kier alpha value is -6.04. The largest absolute Gasteiger partial charge is 0.481 e. The molecular formula is C64H88O12. The molecule has 0 N–H and O–H groups in total. The number of ether oxygens (including phenoxy) is 8. The Kier molecular flexibility index (Phi) is 19.0. The highest BCUT2D eigenvalue weighted by molar-refractivity contribution is 5.74. The fourth-order valence-electron chi connectivity index (χ4n) is 9.03. The van der Waals surface area contributed by atoms with Crippen LogP contribution >= 0.6 is 0 Å². The van der Waals surface area contributed by atoms with Gasteiger partial charge in [-0.2, -0.15) is 0 Å². The predicted octanol–water partition coefficient (Wildman–Crippen LogP) is 12.9. The summed E-state index contributed by atoms with van der Waals surface area (Å²) in [5.41, 5.74) is 7.29. The maximum absolute atomic E-state index is 13.7. The Bertz CT molecular complexity index is 2470. The summed E-state index contributed by atoms with van der Waals surface area (Å²) in [5.74, 6) is -0.140. The molecule has 0 heterocycles. The lowest BCUT2D eigenvalue weighted by Gasteiger charge is -2.29. The molecule has 0 fully saturated rings. The van der Waals surface area contributed by atoms with Gasteiger partial charge in [-0.05, 0) is 144 Å². The molecule has 0 spiro atoms. The molecule has 76 heavy (non-hydrogen) atoms. The fraction of sp³-hybridized carbons (Fsp3) is 0.562. The van der Waals surface area contributed by atoms with Crippen LogP contribution in [0.2, 0.25) is 0 Å². The standard InChI is InChI=1S/C64H88O12/c1-21-69-51(65)35-71-55-39-23-43-31-49(61(9,10)11)33-45(57(43)73-37-53(67)75-63(15,16)17)25-41-29-48(60(6,7)8)30-42(56(41)72-36-52(66)70-22-2)26-46-34-50(62(12,13)14)32-44(24-40(55)28-47(27-39)59(3,4)5)58(46)74-38-54(68)76-64(18,19)20/h27-34H,21-26,35-38H2,1-20H3. The smallest absolute Gasteiger partial charge is 0.344 e. The molecule has 5 rings (SSSR count). The lowest BCUT2D eigenvalue weighted by Crippen LogP contribution is -2.28. The summed E-state index contributed by atoms with van der Waals surface area (Å²) in [6.45, 7) is 39.2. The average Bonchev–Trinajstić information content (AvgIpc) is 3.25. The maximum atomic E-state index is 13.7. The van der Waals surface area contributed by atoms with E-state index in [1.165, 1.54) is 0 Å². The summed E-state index contributed by atoms with van der Waals surface area (Å²) in [4.78, 5) is 53.9. The number of fused-ring (bicyclic) bond motifs is 8. The Morgan fingerprint density at radius 1 is 0.329 bits per heavy atom. The van der Waals surface area contributed by atoms with E-state index in [4.69, 9.17) is 37.9 Å². The van der Waals surface area contributed by atoms with Crippen LogP contribution in [0.4, 0.5) is 0 Å². The van der Waals surface area contributed by atoms with Crippen LogP contribution in [0, 0.1) is 0 Å². The number of hydrogen-bond donors (Lipinski definition) is 0. The number of carbonyl (C=O) groups excluding carboxylic acids is 4. The Balaban J connectivity index is 2.04. The molecule has 0 saturated heterocycles. The lowest BCUT2D eigenvalue weighted by molar-refractivity contribution is -0.158. The molecule has 0 unspecified atom stereocenters. The predicted molar refractivity (Wildman–Crippen MR) is 299 cm³/mol. The minimum Gasteiger partial charge on any atom is -0.481 e. The van der Waals surface area contributed by atoms with E-state index in [1.54, 1.807) is 13.8 Å². The van der Waals surface area contributed by atoms with Crippen LogP contribution in [-0.2, 0) is 85.5 Å². The molecule has 12 heteroatoms. The first-order chi connectivity index (χ1) is 34.9. The quantitative estimate of drug-likeness (QED) is 0.0772. The van der Waals surface area contributed by atoms with Crippen molar-refractivity contribution in [2.75, 3.05) is 39.6 Å². The van der Waals surface area contributed by atoms with E-state index in [0.717, 1.165) is 66.8 Å². The molecule has 0 aliphatic heterocycles. The van der Waals surface area contributed by atoms with Gasteiger partial charge in [-0.25, -0.2) is 19.2 Å². The van der Waals surface area contributed by atoms with Crippen LogP contribution in [0.5, 0.6) is 23.0 Å². The molecule has 0 saturated carbocycles. The van der Waals surface area contributed by atoms with Gasteiger partial charge >= 0.3 is 23.9 Å². The van der Waals surface area contributed by atoms with E-state index in [2.05, 4.69) is 132 Å². The molecule has 8 bridgehead atoms. The Morgan fingerprint density at radius 3 is 0.671 bits per heavy atom. The summed E-state index contributed by atoms with van der Waals surface area (Å²) in [6.07, 6.45) is 1.02. The molecule has 0 atom stereocenters. The third-order valence-corrected chi connectivity index (χ3v) is 12.7. The highest BCUT2D eigenvalue weighted by Gasteiger charge is 2.31. The molecular weight excluding hydrogens is 961 g/mol. The van der Waals surface area contributed by atoms with Gasteiger partial charge in [0.05, 0.1) is 13.2 Å². The lowest BCUT2D eigenvalue weighted by atomic mass is 9.79. The van der Waals surface area contributed by atoms with Gasteiger partial charge in [-0.1, -0.05) is 132 Å². The van der Waals surface area contributed by atoms with Gasteiger partial charge in [0.2, 0.25) is 0 Å². The van der Waals surface area contributed by atoms with Crippen LogP contribution in [0.25, 0.3) is 0 Å². The van der Waals surface area contributed by atoms with Crippen LogP contribution < -0.4 is 18.9 Å². The van der Waals surface area contributed by atoms with Crippen LogP contribution in [0.1, 0.15) is 205 Å². The topological polar surface area (TPSA) is 142 Å². The summed E-state index contributed by atoms with van der Waals surface area (Å²) >= 11 is 0. The van der Waals surface area contributed by atoms with Crippen molar-refractivity contribution in [3.8, 4) is 23.0 Å². The van der Waals surface area contributed by atoms with E-state index in [0.29, 0.717) is 23.0 Å². The van der Waals surface area contributed by atoms with Gasteiger partial charge in [0.1, 0.15) is 34.2 Å². The normalized spacial score (nSPS) is 13.3. The number of rotatable bonds is 14. The van der Waals surface area contributed by atoms with Crippen molar-refractivity contribution in [2.24, 2.45) is 0 Å². The minimum absolute atomic E-state index is 0.182. The second kappa shape index (κ2) is 23.7. The van der Waals surface area contributed by atoms with E-state index in [-0.39, 0.29) is 87.0 Å². The van der Waals surface area contributed by atoms with Gasteiger partial charge in [0, 0.05) is 25.7 Å². The van der Waals surface area contributed by atoms with E-state index >= 15 is 0 Å². The maximum Gasteiger partial charge on any atom is 0.344 e. The van der Waals surface area contributed by atoms with Crippen molar-refractivity contribution >= 4 is 23.9 Å². The second-order valence-electron chi connectivity index (χ2n) is 26.1. The first-order valence-corrected chi connectivity index (χ1v) is 26.9. The number of hydrogen-bond acceptors (Lipinski definition) is 12.